The summed E-state index contributed by atoms with van der Waals surface area (Å²) in [5, 5.41) is 3.33. The van der Waals surface area contributed by atoms with Crippen molar-refractivity contribution >= 4 is 5.97 Å². The Balaban J connectivity index is 1.76. The second kappa shape index (κ2) is 7.25. The predicted octanol–water partition coefficient (Wildman–Crippen LogP) is 2.27. The number of hydrogen-bond acceptors (Lipinski definition) is 4. The van der Waals surface area contributed by atoms with Gasteiger partial charge in [-0.25, -0.2) is 0 Å². The monoisotopic (exact) mass is 269 g/mol. The molecule has 0 heterocycles. The number of ether oxygens (including phenoxy) is 2. The van der Waals surface area contributed by atoms with Gasteiger partial charge in [-0.3, -0.25) is 10.1 Å². The van der Waals surface area contributed by atoms with Gasteiger partial charge in [0.2, 0.25) is 0 Å². The molecule has 0 bridgehead atoms. The fraction of sp³-hybridized carbons (Fsp3) is 0.933. The highest BCUT2D eigenvalue weighted by atomic mass is 16.5. The smallest absolute Gasteiger partial charge is 0.325 e. The first-order valence-corrected chi connectivity index (χ1v) is 7.73. The average molecular weight is 269 g/mol. The Morgan fingerprint density at radius 2 is 2.11 bits per heavy atom. The van der Waals surface area contributed by atoms with Crippen molar-refractivity contribution in [2.75, 3.05) is 13.2 Å². The molecule has 0 aromatic heterocycles. The lowest BCUT2D eigenvalue weighted by atomic mass is 9.89. The van der Waals surface area contributed by atoms with E-state index in [1.54, 1.807) is 0 Å². The van der Waals surface area contributed by atoms with Gasteiger partial charge in [0.05, 0.1) is 19.3 Å². The number of hydrogen-bond donors (Lipinski definition) is 1. The van der Waals surface area contributed by atoms with Gasteiger partial charge in [-0.05, 0) is 38.5 Å². The Hall–Kier alpha value is -0.610. The summed E-state index contributed by atoms with van der Waals surface area (Å²) in [5.74, 6) is 0.578. The third kappa shape index (κ3) is 5.11. The Kier molecular flexibility index (Phi) is 5.64. The molecule has 0 aromatic carbocycles. The number of carbonyl (C=O) groups excluding carboxylic acids is 1. The summed E-state index contributed by atoms with van der Waals surface area (Å²) in [6, 6.07) is 0.202. The number of nitrogens with one attached hydrogen (secondary N) is 1. The minimum Gasteiger partial charge on any atom is -0.465 e. The highest BCUT2D eigenvalue weighted by Crippen LogP contribution is 2.26. The van der Waals surface area contributed by atoms with Gasteiger partial charge in [0.25, 0.3) is 0 Å². The fourth-order valence-electron chi connectivity index (χ4n) is 2.72. The van der Waals surface area contributed by atoms with Crippen LogP contribution in [0.2, 0.25) is 0 Å². The van der Waals surface area contributed by atoms with Crippen LogP contribution < -0.4 is 5.32 Å². The molecular formula is C15H27NO3. The van der Waals surface area contributed by atoms with Gasteiger partial charge in [0.1, 0.15) is 6.04 Å². The summed E-state index contributed by atoms with van der Waals surface area (Å²) in [7, 11) is 0. The summed E-state index contributed by atoms with van der Waals surface area (Å²) < 4.78 is 11.1. The summed E-state index contributed by atoms with van der Waals surface area (Å²) in [4.78, 5) is 11.9. The van der Waals surface area contributed by atoms with Gasteiger partial charge in [-0.1, -0.05) is 19.8 Å². The lowest BCUT2D eigenvalue weighted by Crippen LogP contribution is -2.44. The van der Waals surface area contributed by atoms with Gasteiger partial charge in [0.15, 0.2) is 0 Å². The second-order valence-corrected chi connectivity index (χ2v) is 5.97. The van der Waals surface area contributed by atoms with Gasteiger partial charge in [-0.2, -0.15) is 0 Å². The first-order chi connectivity index (χ1) is 9.19. The summed E-state index contributed by atoms with van der Waals surface area (Å²) in [6.45, 7) is 5.01. The minimum atomic E-state index is -0.287. The zero-order valence-corrected chi connectivity index (χ0v) is 12.2. The molecule has 4 heteroatoms. The van der Waals surface area contributed by atoms with Crippen LogP contribution in [-0.2, 0) is 14.3 Å². The van der Waals surface area contributed by atoms with Crippen molar-refractivity contribution in [1.82, 2.24) is 5.32 Å². The van der Waals surface area contributed by atoms with E-state index >= 15 is 0 Å². The van der Waals surface area contributed by atoms with Crippen LogP contribution in [0.25, 0.3) is 0 Å². The normalized spacial score (nSPS) is 28.9. The van der Waals surface area contributed by atoms with Crippen molar-refractivity contribution in [3.63, 3.8) is 0 Å². The molecule has 2 aliphatic carbocycles. The molecular weight excluding hydrogens is 242 g/mol. The van der Waals surface area contributed by atoms with Crippen LogP contribution in [0.15, 0.2) is 0 Å². The molecule has 3 unspecified atom stereocenters. The SMILES string of the molecule is CCOC(=O)C(COC1CCCC(C)C1)NC1CC1. The molecule has 4 nitrogen and oxygen atoms in total. The number of carbonyl (C=O) groups is 1. The zero-order valence-electron chi connectivity index (χ0n) is 12.2. The molecule has 0 aliphatic heterocycles. The quantitative estimate of drug-likeness (QED) is 0.720. The molecule has 1 N–H and O–H groups in total. The van der Waals surface area contributed by atoms with Crippen molar-refractivity contribution in [3.8, 4) is 0 Å². The van der Waals surface area contributed by atoms with Gasteiger partial charge in [0, 0.05) is 6.04 Å². The molecule has 0 aromatic rings. The molecule has 2 aliphatic rings. The third-order valence-electron chi connectivity index (χ3n) is 3.97. The van der Waals surface area contributed by atoms with E-state index < -0.39 is 0 Å². The standard InChI is InChI=1S/C15H27NO3/c1-3-18-15(17)14(16-12-7-8-12)10-19-13-6-4-5-11(2)9-13/h11-14,16H,3-10H2,1-2H3. The first kappa shape index (κ1) is 14.8. The number of esters is 1. The second-order valence-electron chi connectivity index (χ2n) is 5.97. The van der Waals surface area contributed by atoms with Gasteiger partial charge < -0.3 is 9.47 Å². The van der Waals surface area contributed by atoms with E-state index in [0.717, 1.165) is 31.6 Å². The molecule has 2 saturated carbocycles. The van der Waals surface area contributed by atoms with E-state index in [1.807, 2.05) is 6.92 Å². The van der Waals surface area contributed by atoms with Crippen LogP contribution in [0.5, 0.6) is 0 Å². The van der Waals surface area contributed by atoms with E-state index in [0.29, 0.717) is 25.4 Å². The van der Waals surface area contributed by atoms with E-state index in [4.69, 9.17) is 9.47 Å². The Morgan fingerprint density at radius 1 is 1.32 bits per heavy atom. The molecule has 2 rings (SSSR count). The van der Waals surface area contributed by atoms with E-state index in [2.05, 4.69) is 12.2 Å². The molecule has 0 radical (unpaired) electrons. The van der Waals surface area contributed by atoms with Crippen molar-refractivity contribution in [2.45, 2.75) is 70.6 Å². The first-order valence-electron chi connectivity index (χ1n) is 7.73. The van der Waals surface area contributed by atoms with E-state index in [9.17, 15) is 4.79 Å². The minimum absolute atomic E-state index is 0.168. The zero-order chi connectivity index (χ0) is 13.7. The van der Waals surface area contributed by atoms with E-state index in [1.165, 1.54) is 12.8 Å². The van der Waals surface area contributed by atoms with E-state index in [-0.39, 0.29) is 12.0 Å². The predicted molar refractivity (Wildman–Crippen MR) is 74.0 cm³/mol. The summed E-state index contributed by atoms with van der Waals surface area (Å²) >= 11 is 0. The van der Waals surface area contributed by atoms with Crippen LogP contribution >= 0.6 is 0 Å². The Morgan fingerprint density at radius 3 is 2.74 bits per heavy atom. The fourth-order valence-corrected chi connectivity index (χ4v) is 2.72. The largest absolute Gasteiger partial charge is 0.465 e. The van der Waals surface area contributed by atoms with Crippen LogP contribution in [0.1, 0.15) is 52.4 Å². The molecule has 19 heavy (non-hydrogen) atoms. The average Bonchev–Trinajstić information content (AvgIpc) is 3.18. The van der Waals surface area contributed by atoms with Crippen molar-refractivity contribution in [3.05, 3.63) is 0 Å². The van der Waals surface area contributed by atoms with Crippen molar-refractivity contribution < 1.29 is 14.3 Å². The van der Waals surface area contributed by atoms with Crippen LogP contribution in [-0.4, -0.2) is 37.4 Å². The topological polar surface area (TPSA) is 47.6 Å². The molecule has 0 amide bonds. The van der Waals surface area contributed by atoms with Crippen molar-refractivity contribution in [2.24, 2.45) is 5.92 Å². The van der Waals surface area contributed by atoms with Gasteiger partial charge >= 0.3 is 5.97 Å². The summed E-state index contributed by atoms with van der Waals surface area (Å²) in [6.07, 6.45) is 7.45. The lowest BCUT2D eigenvalue weighted by molar-refractivity contribution is -0.148. The lowest BCUT2D eigenvalue weighted by Gasteiger charge is -2.28. The van der Waals surface area contributed by atoms with Crippen LogP contribution in [0, 0.1) is 5.92 Å². The van der Waals surface area contributed by atoms with Crippen LogP contribution in [0.4, 0.5) is 0 Å². The van der Waals surface area contributed by atoms with Gasteiger partial charge in [-0.15, -0.1) is 0 Å². The Bertz CT molecular complexity index is 291. The highest BCUT2D eigenvalue weighted by molar-refractivity contribution is 5.76. The molecule has 3 atom stereocenters. The molecule has 0 saturated heterocycles. The van der Waals surface area contributed by atoms with Crippen LogP contribution in [0.3, 0.4) is 0 Å². The molecule has 0 spiro atoms. The maximum Gasteiger partial charge on any atom is 0.325 e. The highest BCUT2D eigenvalue weighted by Gasteiger charge is 2.30. The number of rotatable bonds is 7. The van der Waals surface area contributed by atoms with Crippen molar-refractivity contribution in [1.29, 1.82) is 0 Å². The summed E-state index contributed by atoms with van der Waals surface area (Å²) in [5.41, 5.74) is 0. The Labute approximate surface area is 116 Å². The maximum absolute atomic E-state index is 11.9. The third-order valence-corrected chi connectivity index (χ3v) is 3.97. The molecule has 2 fully saturated rings. The maximum atomic E-state index is 11.9. The molecule has 110 valence electrons.